The molecule has 0 aliphatic carbocycles. The lowest BCUT2D eigenvalue weighted by Gasteiger charge is -2.29. The average Bonchev–Trinajstić information content (AvgIpc) is 3.27. The topological polar surface area (TPSA) is 116 Å². The summed E-state index contributed by atoms with van der Waals surface area (Å²) in [4.78, 5) is 52.5. The quantitative estimate of drug-likeness (QED) is 0.611. The maximum atomic E-state index is 13.4. The first-order valence-corrected chi connectivity index (χ1v) is 10.5. The van der Waals surface area contributed by atoms with Crippen LogP contribution in [-0.4, -0.2) is 46.3 Å². The van der Waals surface area contributed by atoms with Crippen LogP contribution in [0.15, 0.2) is 12.1 Å². The summed E-state index contributed by atoms with van der Waals surface area (Å²) in [7, 11) is 0. The lowest BCUT2D eigenvalue weighted by molar-refractivity contribution is -0.143. The van der Waals surface area contributed by atoms with Gasteiger partial charge in [0.15, 0.2) is 0 Å². The molecule has 2 saturated heterocycles. The van der Waals surface area contributed by atoms with Crippen LogP contribution in [-0.2, 0) is 24.7 Å². The number of aliphatic carboxylic acids is 1. The van der Waals surface area contributed by atoms with E-state index in [1.807, 2.05) is 32.9 Å². The highest BCUT2D eigenvalue weighted by molar-refractivity contribution is 6.15. The number of imide groups is 1. The van der Waals surface area contributed by atoms with Crippen LogP contribution in [0.5, 0.6) is 0 Å². The van der Waals surface area contributed by atoms with Crippen LogP contribution in [0, 0.1) is 25.7 Å². The molecule has 0 radical (unpaired) electrons. The number of anilines is 1. The van der Waals surface area contributed by atoms with Crippen molar-refractivity contribution in [1.82, 2.24) is 10.2 Å². The van der Waals surface area contributed by atoms with Crippen molar-refractivity contribution < 1.29 is 24.3 Å². The summed E-state index contributed by atoms with van der Waals surface area (Å²) in [5.74, 6) is -3.58. The van der Waals surface area contributed by atoms with Gasteiger partial charge in [-0.15, -0.1) is 0 Å². The maximum Gasteiger partial charge on any atom is 0.303 e. The number of likely N-dealkylation sites (tertiary alicyclic amines) is 1. The molecule has 0 unspecified atom stereocenters. The van der Waals surface area contributed by atoms with Crippen LogP contribution in [0.1, 0.15) is 49.3 Å². The number of amides is 3. The smallest absolute Gasteiger partial charge is 0.303 e. The largest absolute Gasteiger partial charge is 0.481 e. The predicted molar refractivity (Wildman–Crippen MR) is 109 cm³/mol. The number of fused-ring (bicyclic) bond motifs is 4. The van der Waals surface area contributed by atoms with Gasteiger partial charge in [0.1, 0.15) is 5.54 Å². The van der Waals surface area contributed by atoms with E-state index in [-0.39, 0.29) is 30.6 Å². The molecule has 1 spiro atoms. The van der Waals surface area contributed by atoms with Crippen LogP contribution in [0.3, 0.4) is 0 Å². The Morgan fingerprint density at radius 3 is 2.60 bits per heavy atom. The number of nitrogens with zero attached hydrogens (tertiary/aromatic N) is 1. The van der Waals surface area contributed by atoms with E-state index >= 15 is 0 Å². The molecule has 8 heteroatoms. The highest BCUT2D eigenvalue weighted by Crippen LogP contribution is 2.54. The molecular weight excluding hydrogens is 386 g/mol. The van der Waals surface area contributed by atoms with Crippen molar-refractivity contribution in [3.63, 3.8) is 0 Å². The Morgan fingerprint density at radius 1 is 1.20 bits per heavy atom. The Hall–Kier alpha value is -2.74. The second kappa shape index (κ2) is 7.19. The van der Waals surface area contributed by atoms with E-state index in [0.29, 0.717) is 24.2 Å². The van der Waals surface area contributed by atoms with Gasteiger partial charge < -0.3 is 10.4 Å². The highest BCUT2D eigenvalue weighted by atomic mass is 16.4. The number of hydrogen-bond donors (Lipinski definition) is 3. The molecule has 160 valence electrons. The van der Waals surface area contributed by atoms with Crippen molar-refractivity contribution in [1.29, 1.82) is 0 Å². The van der Waals surface area contributed by atoms with Gasteiger partial charge in [-0.3, -0.25) is 29.4 Å². The van der Waals surface area contributed by atoms with Crippen molar-refractivity contribution in [2.24, 2.45) is 11.8 Å². The fourth-order valence-corrected chi connectivity index (χ4v) is 5.24. The summed E-state index contributed by atoms with van der Waals surface area (Å²) in [5, 5.41) is 15.4. The van der Waals surface area contributed by atoms with Gasteiger partial charge in [0.2, 0.25) is 17.7 Å². The molecule has 3 aliphatic heterocycles. The first kappa shape index (κ1) is 20.5. The van der Waals surface area contributed by atoms with Crippen LogP contribution >= 0.6 is 0 Å². The zero-order chi connectivity index (χ0) is 21.8. The average molecular weight is 413 g/mol. The van der Waals surface area contributed by atoms with E-state index in [9.17, 15) is 19.2 Å². The summed E-state index contributed by atoms with van der Waals surface area (Å²) in [6.07, 6.45) is 1.55. The SMILES string of the molecule is CCCCN1C(=O)[C@@H]2[C@H](CCC(=O)O)N[C@]3(C(=O)Nc4c3ccc(C)c4C)[C@H]2C1=O. The number of carbonyl (C=O) groups excluding carboxylic acids is 3. The number of benzene rings is 1. The molecule has 1 aromatic rings. The molecule has 4 atom stereocenters. The number of carbonyl (C=O) groups is 4. The van der Waals surface area contributed by atoms with Gasteiger partial charge in [-0.25, -0.2) is 0 Å². The zero-order valence-corrected chi connectivity index (χ0v) is 17.4. The molecular formula is C22H27N3O5. The third kappa shape index (κ3) is 2.70. The minimum Gasteiger partial charge on any atom is -0.481 e. The van der Waals surface area contributed by atoms with Crippen molar-refractivity contribution in [2.75, 3.05) is 11.9 Å². The van der Waals surface area contributed by atoms with Crippen molar-refractivity contribution >= 4 is 29.4 Å². The Bertz CT molecular complexity index is 958. The molecule has 3 amide bonds. The van der Waals surface area contributed by atoms with Crippen molar-refractivity contribution in [2.45, 2.75) is 58.0 Å². The Balaban J connectivity index is 1.83. The number of nitrogens with one attached hydrogen (secondary N) is 2. The Morgan fingerprint density at radius 2 is 1.93 bits per heavy atom. The summed E-state index contributed by atoms with van der Waals surface area (Å²) in [5.41, 5.74) is 1.93. The van der Waals surface area contributed by atoms with E-state index in [1.165, 1.54) is 4.90 Å². The number of rotatable bonds is 6. The predicted octanol–water partition coefficient (Wildman–Crippen LogP) is 1.69. The molecule has 4 rings (SSSR count). The molecule has 1 aromatic carbocycles. The zero-order valence-electron chi connectivity index (χ0n) is 17.4. The number of aryl methyl sites for hydroxylation is 1. The van der Waals surface area contributed by atoms with Crippen LogP contribution in [0.4, 0.5) is 5.69 Å². The fraction of sp³-hybridized carbons (Fsp3) is 0.545. The normalized spacial score (nSPS) is 29.5. The molecule has 8 nitrogen and oxygen atoms in total. The molecule has 2 fully saturated rings. The van der Waals surface area contributed by atoms with Gasteiger partial charge in [0.05, 0.1) is 11.8 Å². The van der Waals surface area contributed by atoms with Gasteiger partial charge in [0.25, 0.3) is 0 Å². The van der Waals surface area contributed by atoms with E-state index in [2.05, 4.69) is 10.6 Å². The lowest BCUT2D eigenvalue weighted by Crippen LogP contribution is -2.53. The van der Waals surface area contributed by atoms with Crippen molar-refractivity contribution in [3.05, 3.63) is 28.8 Å². The standard InChI is InChI=1S/C22H27N3O5/c1-4-5-10-25-19(28)16-14(8-9-15(26)27)24-22(17(16)20(25)29)13-7-6-11(2)12(3)18(13)23-21(22)30/h6-7,14,16-17,24H,4-5,8-10H2,1-3H3,(H,23,30)(H,26,27)/t14-,16+,17+,22-/m0/s1. The minimum atomic E-state index is -1.35. The Kier molecular flexibility index (Phi) is 4.92. The summed E-state index contributed by atoms with van der Waals surface area (Å²) >= 11 is 0. The number of unbranched alkanes of at least 4 members (excludes halogenated alkanes) is 1. The number of hydrogen-bond acceptors (Lipinski definition) is 5. The summed E-state index contributed by atoms with van der Waals surface area (Å²) in [6, 6.07) is 3.19. The van der Waals surface area contributed by atoms with E-state index in [0.717, 1.165) is 17.5 Å². The van der Waals surface area contributed by atoms with Crippen LogP contribution in [0.25, 0.3) is 0 Å². The third-order valence-electron chi connectivity index (χ3n) is 6.92. The lowest BCUT2D eigenvalue weighted by atomic mass is 9.76. The first-order valence-electron chi connectivity index (χ1n) is 10.5. The first-order chi connectivity index (χ1) is 14.2. The van der Waals surface area contributed by atoms with Gasteiger partial charge in [-0.05, 0) is 37.8 Å². The summed E-state index contributed by atoms with van der Waals surface area (Å²) < 4.78 is 0. The van der Waals surface area contributed by atoms with Gasteiger partial charge in [0, 0.05) is 30.3 Å². The molecule has 0 aromatic heterocycles. The summed E-state index contributed by atoms with van der Waals surface area (Å²) in [6.45, 7) is 6.17. The fourth-order valence-electron chi connectivity index (χ4n) is 5.24. The number of carboxylic acids is 1. The van der Waals surface area contributed by atoms with Crippen molar-refractivity contribution in [3.8, 4) is 0 Å². The molecule has 3 aliphatic rings. The van der Waals surface area contributed by atoms with E-state index < -0.39 is 29.4 Å². The second-order valence-electron chi connectivity index (χ2n) is 8.56. The molecule has 3 heterocycles. The maximum absolute atomic E-state index is 13.4. The molecule has 0 bridgehead atoms. The number of carboxylic acid groups (broad SMARTS) is 1. The second-order valence-corrected chi connectivity index (χ2v) is 8.56. The highest BCUT2D eigenvalue weighted by Gasteiger charge is 2.70. The van der Waals surface area contributed by atoms with Gasteiger partial charge in [-0.1, -0.05) is 25.5 Å². The van der Waals surface area contributed by atoms with Crippen LogP contribution < -0.4 is 10.6 Å². The molecule has 0 saturated carbocycles. The van der Waals surface area contributed by atoms with Crippen LogP contribution in [0.2, 0.25) is 0 Å². The van der Waals surface area contributed by atoms with E-state index in [1.54, 1.807) is 0 Å². The Labute approximate surface area is 175 Å². The van der Waals surface area contributed by atoms with Gasteiger partial charge in [-0.2, -0.15) is 0 Å². The van der Waals surface area contributed by atoms with Gasteiger partial charge >= 0.3 is 5.97 Å². The molecule has 3 N–H and O–H groups in total. The monoisotopic (exact) mass is 413 g/mol. The molecule has 30 heavy (non-hydrogen) atoms. The minimum absolute atomic E-state index is 0.144. The third-order valence-corrected chi connectivity index (χ3v) is 6.92. The van der Waals surface area contributed by atoms with E-state index in [4.69, 9.17) is 5.11 Å².